The molecular formula is C90H56O38S8-8. The van der Waals surface area contributed by atoms with E-state index in [0.717, 1.165) is 47.2 Å². The molecule has 0 atom stereocenters. The summed E-state index contributed by atoms with van der Waals surface area (Å²) in [6.07, 6.45) is 0.576. The van der Waals surface area contributed by atoms with Gasteiger partial charge in [-0.05, 0) is 177 Å². The molecule has 0 spiro atoms. The van der Waals surface area contributed by atoms with Crippen LogP contribution in [0.1, 0.15) is 82.3 Å². The molecule has 1 aliphatic heterocycles. The van der Waals surface area contributed by atoms with E-state index in [1.54, 1.807) is 66.7 Å². The molecule has 0 unspecified atom stereocenters. The van der Waals surface area contributed by atoms with E-state index in [1.807, 2.05) is 12.1 Å². The van der Waals surface area contributed by atoms with E-state index in [0.29, 0.717) is 49.5 Å². The molecular weight excluding hydrogens is 1950 g/mol. The van der Waals surface area contributed by atoms with E-state index in [4.69, 9.17) is 9.47 Å². The summed E-state index contributed by atoms with van der Waals surface area (Å²) in [7, 11) is -36.4. The Morgan fingerprint density at radius 2 is 0.625 bits per heavy atom. The molecule has 18 rings (SSSR count). The van der Waals surface area contributed by atoms with E-state index in [2.05, 4.69) is 4.74 Å². The van der Waals surface area contributed by atoms with Crippen molar-refractivity contribution in [2.75, 3.05) is 0 Å². The highest BCUT2D eigenvalue weighted by Crippen LogP contribution is 2.38. The Bertz CT molecular complexity index is 8600. The Labute approximate surface area is 770 Å². The zero-order valence-corrected chi connectivity index (χ0v) is 75.1. The third kappa shape index (κ3) is 24.5. The van der Waals surface area contributed by atoms with Gasteiger partial charge in [0.1, 0.15) is 98.2 Å². The van der Waals surface area contributed by atoms with Crippen molar-refractivity contribution < 1.29 is 172 Å². The van der Waals surface area contributed by atoms with E-state index < -0.39 is 137 Å². The minimum atomic E-state index is -4.76. The first-order valence-electron chi connectivity index (χ1n) is 37.7. The summed E-state index contributed by atoms with van der Waals surface area (Å²) >= 11 is 0. The molecule has 46 heteroatoms. The van der Waals surface area contributed by atoms with Gasteiger partial charge < -0.3 is 66.0 Å². The molecule has 1 heterocycles. The number of hydrogen-bond donors (Lipinski definition) is 3. The van der Waals surface area contributed by atoms with E-state index >= 15 is 0 Å². The molecule has 0 bridgehead atoms. The zero-order chi connectivity index (χ0) is 100. The normalized spacial score (nSPS) is 12.9. The summed E-state index contributed by atoms with van der Waals surface area (Å²) in [5, 5.41) is 33.6. The molecule has 0 fully saturated rings. The molecule has 15 aromatic carbocycles. The lowest BCUT2D eigenvalue weighted by molar-refractivity contribution is -0.132. The average Bonchev–Trinajstić information content (AvgIpc) is 0.744. The summed E-state index contributed by atoms with van der Waals surface area (Å²) in [5.74, 6) is -5.25. The smallest absolute Gasteiger partial charge is 0.346 e. The number of carbonyl (C=O) groups is 8. The van der Waals surface area contributed by atoms with Crippen molar-refractivity contribution in [3.8, 4) is 28.7 Å². The van der Waals surface area contributed by atoms with Gasteiger partial charge in [-0.2, -0.15) is 0 Å². The van der Waals surface area contributed by atoms with Gasteiger partial charge in [0.2, 0.25) is 11.6 Å². The molecule has 2 aliphatic carbocycles. The van der Waals surface area contributed by atoms with Crippen LogP contribution in [-0.2, 0) is 100 Å². The van der Waals surface area contributed by atoms with Crippen molar-refractivity contribution in [1.82, 2.24) is 0 Å². The summed E-state index contributed by atoms with van der Waals surface area (Å²) in [6.45, 7) is 2.53. The van der Waals surface area contributed by atoms with Gasteiger partial charge in [-0.15, -0.1) is 0 Å². The fourth-order valence-corrected chi connectivity index (χ4v) is 17.8. The average molecular weight is 2000 g/mol. The van der Waals surface area contributed by atoms with E-state index in [9.17, 15) is 157 Å². The fraction of sp³-hybridized carbons (Fsp3) is 0.0222. The Balaban J connectivity index is 0.000000150. The first-order chi connectivity index (χ1) is 63.4. The molecule has 3 N–H and O–H groups in total. The number of phenols is 3. The Hall–Kier alpha value is -15.0. The number of carbonyl (C=O) groups excluding carboxylic acids is 8. The van der Waals surface area contributed by atoms with Gasteiger partial charge in [0.05, 0.1) is 50.3 Å². The first-order valence-corrected chi connectivity index (χ1v) is 49.0. The predicted molar refractivity (Wildman–Crippen MR) is 470 cm³/mol. The van der Waals surface area contributed by atoms with Crippen molar-refractivity contribution in [1.29, 1.82) is 0 Å². The highest BCUT2D eigenvalue weighted by Gasteiger charge is 2.32. The van der Waals surface area contributed by atoms with Gasteiger partial charge in [0, 0.05) is 74.8 Å². The van der Waals surface area contributed by atoms with E-state index in [-0.39, 0.29) is 114 Å². The van der Waals surface area contributed by atoms with Crippen LogP contribution in [0, 0.1) is 0 Å². The molecule has 38 nitrogen and oxygen atoms in total. The number of fused-ring (bicyclic) bond motifs is 8. The highest BCUT2D eigenvalue weighted by atomic mass is 32.2. The largest absolute Gasteiger partial charge is 0.744 e. The molecule has 15 aromatic rings. The monoisotopic (exact) mass is 2000 g/mol. The first kappa shape index (κ1) is 102. The number of esters is 4. The number of aromatic hydroxyl groups is 3. The third-order valence-corrected chi connectivity index (χ3v) is 26.1. The van der Waals surface area contributed by atoms with Gasteiger partial charge in [-0.3, -0.25) is 28.8 Å². The minimum Gasteiger partial charge on any atom is -0.744 e. The van der Waals surface area contributed by atoms with Crippen molar-refractivity contribution >= 4 is 197 Å². The molecule has 0 saturated heterocycles. The van der Waals surface area contributed by atoms with Crippen LogP contribution >= 0.6 is 0 Å². The van der Waals surface area contributed by atoms with Crippen LogP contribution in [0.5, 0.6) is 28.7 Å². The minimum absolute atomic E-state index is 0.0119. The molecule has 136 heavy (non-hydrogen) atoms. The van der Waals surface area contributed by atoms with Crippen molar-refractivity contribution in [3.05, 3.63) is 330 Å². The van der Waals surface area contributed by atoms with Crippen LogP contribution in [-0.4, -0.2) is 166 Å². The maximum atomic E-state index is 12.3. The Morgan fingerprint density at radius 3 is 1.12 bits per heavy atom. The van der Waals surface area contributed by atoms with Crippen LogP contribution in [0.15, 0.2) is 319 Å². The van der Waals surface area contributed by atoms with Crippen molar-refractivity contribution in [3.63, 3.8) is 0 Å². The zero-order valence-electron chi connectivity index (χ0n) is 68.5. The summed E-state index contributed by atoms with van der Waals surface area (Å²) in [6, 6.07) is 65.3. The van der Waals surface area contributed by atoms with Gasteiger partial charge in [-0.1, -0.05) is 146 Å². The molecule has 3 aliphatic rings. The number of rotatable bonds is 10. The van der Waals surface area contributed by atoms with Gasteiger partial charge >= 0.3 is 23.9 Å². The van der Waals surface area contributed by atoms with Crippen molar-refractivity contribution in [2.24, 2.45) is 0 Å². The number of benzene rings is 15. The summed E-state index contributed by atoms with van der Waals surface area (Å²) in [4.78, 5) is 88.9. The quantitative estimate of drug-likeness (QED) is 0.0286. The molecule has 700 valence electrons. The number of allylic oxidation sites excluding steroid dienone is 1. The molecule has 0 amide bonds. The Morgan fingerprint density at radius 1 is 0.279 bits per heavy atom. The fourth-order valence-electron chi connectivity index (χ4n) is 13.3. The number of Topliss-reactive ketones (excluding diaryl/α,β-unsaturated/α-hetero) is 1. The topological polar surface area (TPSA) is 683 Å². The number of phenolic OH excluding ortho intramolecular Hbond substituents is 3. The maximum absolute atomic E-state index is 12.3. The summed E-state index contributed by atoms with van der Waals surface area (Å²) in [5.41, 5.74) is 0.627. The second kappa shape index (κ2) is 40.1. The van der Waals surface area contributed by atoms with Crippen molar-refractivity contribution in [2.45, 2.75) is 48.1 Å². The second-order valence-electron chi connectivity index (χ2n) is 28.3. The predicted octanol–water partition coefficient (Wildman–Crippen LogP) is 10.4. The molecule has 0 radical (unpaired) electrons. The lowest BCUT2D eigenvalue weighted by atomic mass is 9.84. The third-order valence-electron chi connectivity index (χ3n) is 19.3. The van der Waals surface area contributed by atoms with Crippen LogP contribution in [0.3, 0.4) is 0 Å². The van der Waals surface area contributed by atoms with Crippen LogP contribution in [0.25, 0.3) is 69.5 Å². The van der Waals surface area contributed by atoms with E-state index in [1.165, 1.54) is 178 Å². The van der Waals surface area contributed by atoms with Crippen LogP contribution in [0.2, 0.25) is 0 Å². The number of ether oxygens (including phenoxy) is 3. The SMILES string of the molecule is CC(=O)Oc1ccc(S(=O)(=O)[O-])c2ccccc12.CC(=O)Oc1ccc2cc(S(=O)(=O)[O-])ccc2c1.O=C1C=C(S(=O)(=O)[O-])c2ccccc2C1=O.O=C1OC(=O)c2ccc(S(=O)(=O)[O-])c3cccc1c23.O=C1c2ccccc2C(=O)c2cc(S(=O)(=O)[O-])ccc21.O=S(=O)([O-])c1ccc2cc(O)c(O)cc2c1.O=S(=O)([O-])c1ccc2cc(O)ccc2c1.O=S(=O)([O-])c1ccc2ccccc2c1. The maximum Gasteiger partial charge on any atom is 0.346 e. The lowest BCUT2D eigenvalue weighted by Gasteiger charge is -2.18. The molecule has 0 saturated carbocycles. The van der Waals surface area contributed by atoms with Crippen LogP contribution in [0.4, 0.5) is 0 Å². The Kier molecular flexibility index (Phi) is 29.9. The molecule has 0 aromatic heterocycles. The summed E-state index contributed by atoms with van der Waals surface area (Å²) < 4.78 is 276. The van der Waals surface area contributed by atoms with Gasteiger partial charge in [0.15, 0.2) is 23.1 Å². The van der Waals surface area contributed by atoms with Gasteiger partial charge in [-0.25, -0.2) is 76.9 Å². The lowest BCUT2D eigenvalue weighted by Crippen LogP contribution is -2.21. The number of ketones is 4. The van der Waals surface area contributed by atoms with Crippen LogP contribution < -0.4 is 9.47 Å². The highest BCUT2D eigenvalue weighted by molar-refractivity contribution is 7.95. The van der Waals surface area contributed by atoms with Gasteiger partial charge in [0.25, 0.3) is 0 Å². The second-order valence-corrected chi connectivity index (χ2v) is 39.3. The standard InChI is InChI=1S/C14H8O5S.C12H6O6S.2C12H10O5S.C10H8O5S.C10H6O5S.C10H8O4S.C10H8O3S/c15-13-9-3-1-2-4-10(9)14(16)12-7-8(20(17,18)19)5-6-11(12)13;13-11-7-3-1-2-6-9(19(15,16)17)5-4-8(10(6)7)12(14)18-11;1-8(13)17-11-4-2-10-7-12(18(14,15)16)5-3-9(10)6-11;1-8(13)17-11-6-7-12(18(14,15)16)10-5-3-2-4-9(10)11;11-9-4-6-1-2-8(16(13,14)15)3-7(6)5-10(9)12;11-8-5-9(16(13,14)15)6-3-1-2-4-7(6)10(8)12;11-9-3-1-8-6-10(15(12,13)14)4-2-7(8)5-9;11-14(12,13)10-6-5-8-3-1-2-4-9(8)7-10/h1-7H,(H,17,18,19);1-5H,(H,15,16,17);2*2-7H,1H3,(H,14,15,16);1-5,11-12H,(H,13,14,15);1-5H,(H,13,14,15);1-6,11H,(H,12,13,14);1-7H,(H,11,12,13)/p-8. The number of hydrogen-bond acceptors (Lipinski definition) is 38. The number of cyclic esters (lactones) is 2.